The number of halogens is 3. The molecule has 1 aromatic rings. The minimum absolute atomic E-state index is 0.162. The van der Waals surface area contributed by atoms with E-state index in [1.165, 1.54) is 6.07 Å². The lowest BCUT2D eigenvalue weighted by Crippen LogP contribution is -2.06. The molecule has 1 aromatic carbocycles. The van der Waals surface area contributed by atoms with Crippen LogP contribution in [0.4, 0.5) is 13.2 Å². The molecule has 0 aliphatic carbocycles. The Morgan fingerprint density at radius 3 is 2.60 bits per heavy atom. The first-order valence-corrected chi connectivity index (χ1v) is 3.72. The highest BCUT2D eigenvalue weighted by molar-refractivity contribution is 5.83. The summed E-state index contributed by atoms with van der Waals surface area (Å²) in [4.78, 5) is 10.5. The maximum Gasteiger partial charge on any atom is 0.387 e. The van der Waals surface area contributed by atoms with Crippen LogP contribution in [0.5, 0.6) is 5.75 Å². The summed E-state index contributed by atoms with van der Waals surface area (Å²) < 4.78 is 40.4. The molecule has 6 heteroatoms. The van der Waals surface area contributed by atoms with E-state index < -0.39 is 18.2 Å². The molecule has 0 saturated heterocycles. The lowest BCUT2D eigenvalue weighted by atomic mass is 10.1. The van der Waals surface area contributed by atoms with Gasteiger partial charge in [0.2, 0.25) is 0 Å². The Bertz CT molecular complexity index is 426. The molecule has 0 N–H and O–H groups in total. The van der Waals surface area contributed by atoms with Crippen molar-refractivity contribution in [2.24, 2.45) is 0 Å². The summed E-state index contributed by atoms with van der Waals surface area (Å²) >= 11 is 0. The van der Waals surface area contributed by atoms with Crippen LogP contribution in [-0.2, 0) is 0 Å². The molecule has 0 unspecified atom stereocenters. The lowest BCUT2D eigenvalue weighted by molar-refractivity contribution is -0.0502. The minimum atomic E-state index is -3.18. The molecule has 0 atom stereocenters. The van der Waals surface area contributed by atoms with Crippen molar-refractivity contribution < 1.29 is 22.7 Å². The zero-order valence-corrected chi connectivity index (χ0v) is 7.21. The number of ether oxygens (including phenoxy) is 1. The topological polar surface area (TPSA) is 50.1 Å². The van der Waals surface area contributed by atoms with Crippen LogP contribution in [0.25, 0.3) is 0 Å². The van der Waals surface area contributed by atoms with Crippen molar-refractivity contribution in [2.45, 2.75) is 6.61 Å². The number of carbonyl (C=O) groups is 1. The number of aldehydes is 1. The molecule has 0 bridgehead atoms. The third-order valence-corrected chi connectivity index (χ3v) is 1.56. The van der Waals surface area contributed by atoms with Crippen molar-refractivity contribution in [2.75, 3.05) is 0 Å². The fraction of sp³-hybridized carbons (Fsp3) is 0.111. The van der Waals surface area contributed by atoms with Crippen molar-refractivity contribution >= 4 is 6.29 Å². The second-order valence-corrected chi connectivity index (χ2v) is 2.47. The van der Waals surface area contributed by atoms with Gasteiger partial charge in [0, 0.05) is 6.07 Å². The van der Waals surface area contributed by atoms with E-state index in [1.54, 1.807) is 0 Å². The molecule has 78 valence electrons. The Balaban J connectivity index is 3.30. The zero-order valence-electron chi connectivity index (χ0n) is 7.21. The first-order chi connectivity index (χ1) is 7.08. The van der Waals surface area contributed by atoms with Crippen LogP contribution in [-0.4, -0.2) is 12.9 Å². The number of nitrogens with zero attached hydrogens (tertiary/aromatic N) is 1. The summed E-state index contributed by atoms with van der Waals surface area (Å²) in [5.74, 6) is -1.57. The van der Waals surface area contributed by atoms with E-state index >= 15 is 0 Å². The standard InChI is InChI=1S/C9H4F3NO2/c10-6-1-5(3-13)7(4-14)8(2-6)15-9(11)12/h1-2,4,9H. The number of hydrogen-bond acceptors (Lipinski definition) is 3. The van der Waals surface area contributed by atoms with Gasteiger partial charge in [-0.2, -0.15) is 14.0 Å². The van der Waals surface area contributed by atoms with Gasteiger partial charge in [-0.1, -0.05) is 0 Å². The van der Waals surface area contributed by atoms with Crippen molar-refractivity contribution in [1.82, 2.24) is 0 Å². The maximum absolute atomic E-state index is 12.8. The Kier molecular flexibility index (Phi) is 3.29. The third-order valence-electron chi connectivity index (χ3n) is 1.56. The molecule has 0 spiro atoms. The van der Waals surface area contributed by atoms with Gasteiger partial charge in [-0.05, 0) is 6.07 Å². The molecule has 0 aliphatic heterocycles. The van der Waals surface area contributed by atoms with E-state index in [0.717, 1.165) is 6.07 Å². The number of alkyl halides is 2. The molecular weight excluding hydrogens is 211 g/mol. The summed E-state index contributed by atoms with van der Waals surface area (Å²) in [6.07, 6.45) is 0.162. The summed E-state index contributed by atoms with van der Waals surface area (Å²) in [5.41, 5.74) is -0.736. The summed E-state index contributed by atoms with van der Waals surface area (Å²) in [5, 5.41) is 8.51. The first kappa shape index (κ1) is 11.0. The molecule has 0 amide bonds. The van der Waals surface area contributed by atoms with E-state index in [4.69, 9.17) is 5.26 Å². The van der Waals surface area contributed by atoms with Gasteiger partial charge in [0.1, 0.15) is 17.6 Å². The molecule has 15 heavy (non-hydrogen) atoms. The number of carbonyl (C=O) groups excluding carboxylic acids is 1. The SMILES string of the molecule is N#Cc1cc(F)cc(OC(F)F)c1C=O. The lowest BCUT2D eigenvalue weighted by Gasteiger charge is -2.07. The van der Waals surface area contributed by atoms with Crippen LogP contribution >= 0.6 is 0 Å². The third kappa shape index (κ3) is 2.47. The van der Waals surface area contributed by atoms with Gasteiger partial charge in [-0.3, -0.25) is 4.79 Å². The van der Waals surface area contributed by atoms with Gasteiger partial charge in [-0.25, -0.2) is 4.39 Å². The molecule has 0 heterocycles. The van der Waals surface area contributed by atoms with Gasteiger partial charge >= 0.3 is 6.61 Å². The monoisotopic (exact) mass is 215 g/mol. The van der Waals surface area contributed by atoms with Crippen molar-refractivity contribution in [3.63, 3.8) is 0 Å². The van der Waals surface area contributed by atoms with Crippen LogP contribution in [0, 0.1) is 17.1 Å². The molecule has 0 radical (unpaired) electrons. The van der Waals surface area contributed by atoms with Gasteiger partial charge in [-0.15, -0.1) is 0 Å². The largest absolute Gasteiger partial charge is 0.434 e. The van der Waals surface area contributed by atoms with Crippen molar-refractivity contribution in [3.8, 4) is 11.8 Å². The molecule has 0 saturated carbocycles. The fourth-order valence-electron chi connectivity index (χ4n) is 1.00. The van der Waals surface area contributed by atoms with E-state index in [-0.39, 0.29) is 17.4 Å². The number of rotatable bonds is 3. The molecule has 0 aromatic heterocycles. The Morgan fingerprint density at radius 2 is 2.13 bits per heavy atom. The van der Waals surface area contributed by atoms with Crippen LogP contribution < -0.4 is 4.74 Å². The highest BCUT2D eigenvalue weighted by Crippen LogP contribution is 2.23. The molecule has 0 fully saturated rings. The van der Waals surface area contributed by atoms with E-state index in [9.17, 15) is 18.0 Å². The van der Waals surface area contributed by atoms with Crippen molar-refractivity contribution in [1.29, 1.82) is 5.26 Å². The van der Waals surface area contributed by atoms with Gasteiger partial charge in [0.05, 0.1) is 11.1 Å². The van der Waals surface area contributed by atoms with E-state index in [2.05, 4.69) is 4.74 Å². The number of nitriles is 1. The quantitative estimate of drug-likeness (QED) is 0.725. The minimum Gasteiger partial charge on any atom is -0.434 e. The fourth-order valence-corrected chi connectivity index (χ4v) is 1.00. The number of benzene rings is 1. The highest BCUT2D eigenvalue weighted by Gasteiger charge is 2.15. The second kappa shape index (κ2) is 4.46. The average molecular weight is 215 g/mol. The van der Waals surface area contributed by atoms with E-state index in [0.29, 0.717) is 6.07 Å². The van der Waals surface area contributed by atoms with Crippen LogP contribution in [0.2, 0.25) is 0 Å². The Labute approximate surface area is 82.7 Å². The highest BCUT2D eigenvalue weighted by atomic mass is 19.3. The predicted molar refractivity (Wildman–Crippen MR) is 43.1 cm³/mol. The normalized spacial score (nSPS) is 9.80. The summed E-state index contributed by atoms with van der Waals surface area (Å²) in [6, 6.07) is 2.89. The van der Waals surface area contributed by atoms with Crippen molar-refractivity contribution in [3.05, 3.63) is 29.1 Å². The molecular formula is C9H4F3NO2. The summed E-state index contributed by atoms with van der Waals surface area (Å²) in [7, 11) is 0. The van der Waals surface area contributed by atoms with Gasteiger partial charge in [0.15, 0.2) is 6.29 Å². The van der Waals surface area contributed by atoms with Gasteiger partial charge < -0.3 is 4.74 Å². The first-order valence-electron chi connectivity index (χ1n) is 3.72. The van der Waals surface area contributed by atoms with Crippen LogP contribution in [0.15, 0.2) is 12.1 Å². The Morgan fingerprint density at radius 1 is 1.47 bits per heavy atom. The smallest absolute Gasteiger partial charge is 0.387 e. The average Bonchev–Trinajstić information content (AvgIpc) is 2.15. The number of hydrogen-bond donors (Lipinski definition) is 0. The van der Waals surface area contributed by atoms with Crippen LogP contribution in [0.3, 0.4) is 0 Å². The predicted octanol–water partition coefficient (Wildman–Crippen LogP) is 2.11. The Hall–Kier alpha value is -2.03. The molecule has 0 aliphatic rings. The van der Waals surface area contributed by atoms with E-state index in [1.807, 2.05) is 0 Å². The molecule has 1 rings (SSSR count). The maximum atomic E-state index is 12.8. The summed E-state index contributed by atoms with van der Waals surface area (Å²) in [6.45, 7) is -3.18. The second-order valence-electron chi connectivity index (χ2n) is 2.47. The molecule has 3 nitrogen and oxygen atoms in total. The van der Waals surface area contributed by atoms with Gasteiger partial charge in [0.25, 0.3) is 0 Å². The zero-order chi connectivity index (χ0) is 11.4. The van der Waals surface area contributed by atoms with Crippen LogP contribution in [0.1, 0.15) is 15.9 Å².